The topological polar surface area (TPSA) is 85.3 Å². The number of carboxylic acid groups (broad SMARTS) is 1. The Kier molecular flexibility index (Phi) is 3.88. The van der Waals surface area contributed by atoms with Crippen LogP contribution < -0.4 is 11.2 Å². The quantitative estimate of drug-likeness (QED) is 0.659. The number of hydrogen-bond donors (Lipinski definition) is 2. The van der Waals surface area contributed by atoms with Crippen LogP contribution in [-0.4, -0.2) is 15.6 Å². The van der Waals surface area contributed by atoms with Crippen molar-refractivity contribution in [3.05, 3.63) is 40.2 Å². The maximum atomic E-state index is 12.4. The summed E-state index contributed by atoms with van der Waals surface area (Å²) in [5.41, 5.74) is 6.33. The molecule has 1 fully saturated rings. The smallest absolute Gasteiger partial charge is 0.341 e. The van der Waals surface area contributed by atoms with Crippen molar-refractivity contribution >= 4 is 22.6 Å². The average molecular weight is 300 g/mol. The number of nitrogens with two attached hydrogens (primary N) is 1. The average Bonchev–Trinajstić information content (AvgIpc) is 2.76. The van der Waals surface area contributed by atoms with Gasteiger partial charge in [-0.15, -0.1) is 0 Å². The lowest BCUT2D eigenvalue weighted by molar-refractivity contribution is 0.0694. The van der Waals surface area contributed by atoms with Gasteiger partial charge in [-0.1, -0.05) is 31.7 Å². The lowest BCUT2D eigenvalue weighted by Crippen LogP contribution is -2.22. The summed E-state index contributed by atoms with van der Waals surface area (Å²) < 4.78 is 1.96. The van der Waals surface area contributed by atoms with Gasteiger partial charge in [0.1, 0.15) is 5.56 Å². The minimum Gasteiger partial charge on any atom is -0.477 e. The Hall–Kier alpha value is -2.30. The first-order valence-electron chi connectivity index (χ1n) is 7.76. The number of fused-ring (bicyclic) bond motifs is 1. The van der Waals surface area contributed by atoms with Crippen molar-refractivity contribution in [1.82, 2.24) is 4.57 Å². The summed E-state index contributed by atoms with van der Waals surface area (Å²) in [5.74, 6) is -1.20. The highest BCUT2D eigenvalue weighted by Crippen LogP contribution is 2.30. The highest BCUT2D eigenvalue weighted by molar-refractivity contribution is 5.97. The van der Waals surface area contributed by atoms with E-state index in [9.17, 15) is 14.7 Å². The number of hydrogen-bond acceptors (Lipinski definition) is 3. The minimum atomic E-state index is -1.20. The number of carbonyl (C=O) groups is 1. The van der Waals surface area contributed by atoms with Crippen LogP contribution in [0.1, 0.15) is 54.9 Å². The summed E-state index contributed by atoms with van der Waals surface area (Å²) in [6.45, 7) is 0. The summed E-state index contributed by atoms with van der Waals surface area (Å²) in [4.78, 5) is 23.8. The molecule has 1 heterocycles. The number of rotatable bonds is 2. The first kappa shape index (κ1) is 14.6. The molecular weight excluding hydrogens is 280 g/mol. The molecular formula is C17H20N2O3. The van der Waals surface area contributed by atoms with Crippen LogP contribution in [-0.2, 0) is 0 Å². The van der Waals surface area contributed by atoms with Crippen molar-refractivity contribution in [2.75, 3.05) is 5.73 Å². The molecule has 0 bridgehead atoms. The van der Waals surface area contributed by atoms with Gasteiger partial charge < -0.3 is 15.4 Å². The third-order valence-corrected chi connectivity index (χ3v) is 4.54. The van der Waals surface area contributed by atoms with E-state index in [1.807, 2.05) is 16.7 Å². The molecule has 0 spiro atoms. The normalized spacial score (nSPS) is 16.5. The van der Waals surface area contributed by atoms with E-state index < -0.39 is 11.4 Å². The summed E-state index contributed by atoms with van der Waals surface area (Å²) in [6.07, 6.45) is 8.19. The number of nitrogen functional groups attached to an aromatic ring is 1. The van der Waals surface area contributed by atoms with Crippen LogP contribution in [0.5, 0.6) is 0 Å². The monoisotopic (exact) mass is 300 g/mol. The van der Waals surface area contributed by atoms with E-state index in [-0.39, 0.29) is 11.6 Å². The number of aromatic carboxylic acids is 1. The molecule has 1 saturated carbocycles. The molecule has 1 aliphatic carbocycles. The van der Waals surface area contributed by atoms with Crippen molar-refractivity contribution in [2.45, 2.75) is 44.6 Å². The summed E-state index contributed by atoms with van der Waals surface area (Å²) >= 11 is 0. The molecule has 5 heteroatoms. The summed E-state index contributed by atoms with van der Waals surface area (Å²) in [6, 6.07) is 5.53. The molecule has 0 amide bonds. The molecule has 0 unspecified atom stereocenters. The van der Waals surface area contributed by atoms with E-state index in [1.54, 1.807) is 6.07 Å². The van der Waals surface area contributed by atoms with Crippen molar-refractivity contribution in [2.24, 2.45) is 0 Å². The maximum Gasteiger partial charge on any atom is 0.341 e. The first-order chi connectivity index (χ1) is 10.6. The van der Waals surface area contributed by atoms with E-state index in [4.69, 9.17) is 5.73 Å². The number of anilines is 1. The molecule has 0 aliphatic heterocycles. The Morgan fingerprint density at radius 1 is 1.18 bits per heavy atom. The highest BCUT2D eigenvalue weighted by atomic mass is 16.4. The van der Waals surface area contributed by atoms with Crippen LogP contribution in [0.3, 0.4) is 0 Å². The van der Waals surface area contributed by atoms with Gasteiger partial charge >= 0.3 is 5.97 Å². The summed E-state index contributed by atoms with van der Waals surface area (Å²) in [5, 5.41) is 9.67. The molecule has 116 valence electrons. The van der Waals surface area contributed by atoms with E-state index in [2.05, 4.69) is 0 Å². The van der Waals surface area contributed by atoms with Crippen molar-refractivity contribution < 1.29 is 9.90 Å². The molecule has 1 aliphatic rings. The molecule has 1 aromatic heterocycles. The molecule has 0 saturated heterocycles. The standard InChI is InChI=1S/C17H20N2O3/c18-13-8-5-9-14-15(13)16(20)12(17(21)22)10-19(14)11-6-3-1-2-4-7-11/h5,8-11H,1-4,6-7,18H2,(H,21,22). The molecule has 2 aromatic rings. The molecule has 5 nitrogen and oxygen atoms in total. The van der Waals surface area contributed by atoms with Crippen LogP contribution in [0.25, 0.3) is 10.9 Å². The van der Waals surface area contributed by atoms with Crippen LogP contribution in [0.4, 0.5) is 5.69 Å². The molecule has 0 radical (unpaired) electrons. The third-order valence-electron chi connectivity index (χ3n) is 4.54. The zero-order valence-electron chi connectivity index (χ0n) is 12.4. The maximum absolute atomic E-state index is 12.4. The number of pyridine rings is 1. The van der Waals surface area contributed by atoms with Gasteiger partial charge in [0.05, 0.1) is 10.9 Å². The van der Waals surface area contributed by atoms with Gasteiger partial charge in [-0.2, -0.15) is 0 Å². The Balaban J connectivity index is 2.28. The zero-order valence-corrected chi connectivity index (χ0v) is 12.4. The number of benzene rings is 1. The van der Waals surface area contributed by atoms with Gasteiger partial charge in [0, 0.05) is 17.9 Å². The van der Waals surface area contributed by atoms with Crippen LogP contribution in [0.2, 0.25) is 0 Å². The molecule has 3 rings (SSSR count). The fourth-order valence-electron chi connectivity index (χ4n) is 3.41. The number of nitrogens with zero attached hydrogens (tertiary/aromatic N) is 1. The molecule has 0 atom stereocenters. The Labute approximate surface area is 128 Å². The SMILES string of the molecule is Nc1cccc2c1c(=O)c(C(=O)O)cn2C1CCCCCC1. The van der Waals surface area contributed by atoms with E-state index in [0.29, 0.717) is 11.1 Å². The van der Waals surface area contributed by atoms with Gasteiger partial charge in [-0.3, -0.25) is 4.79 Å². The Morgan fingerprint density at radius 3 is 2.50 bits per heavy atom. The van der Waals surface area contributed by atoms with Crippen LogP contribution >= 0.6 is 0 Å². The fourth-order valence-corrected chi connectivity index (χ4v) is 3.41. The molecule has 1 aromatic carbocycles. The van der Waals surface area contributed by atoms with E-state index in [1.165, 1.54) is 19.0 Å². The van der Waals surface area contributed by atoms with Crippen molar-refractivity contribution in [3.63, 3.8) is 0 Å². The third kappa shape index (κ3) is 2.47. The predicted molar refractivity (Wildman–Crippen MR) is 86.3 cm³/mol. The second kappa shape index (κ2) is 5.83. The van der Waals surface area contributed by atoms with Crippen molar-refractivity contribution in [3.8, 4) is 0 Å². The fraction of sp³-hybridized carbons (Fsp3) is 0.412. The van der Waals surface area contributed by atoms with Crippen LogP contribution in [0, 0.1) is 0 Å². The first-order valence-corrected chi connectivity index (χ1v) is 7.76. The highest BCUT2D eigenvalue weighted by Gasteiger charge is 2.21. The van der Waals surface area contributed by atoms with E-state index in [0.717, 1.165) is 31.2 Å². The van der Waals surface area contributed by atoms with Crippen molar-refractivity contribution in [1.29, 1.82) is 0 Å². The predicted octanol–water partition coefficient (Wildman–Crippen LogP) is 3.18. The Morgan fingerprint density at radius 2 is 1.86 bits per heavy atom. The molecule has 3 N–H and O–H groups in total. The Bertz CT molecular complexity index is 771. The van der Waals surface area contributed by atoms with Gasteiger partial charge in [0.25, 0.3) is 0 Å². The molecule has 22 heavy (non-hydrogen) atoms. The largest absolute Gasteiger partial charge is 0.477 e. The number of aromatic nitrogens is 1. The lowest BCUT2D eigenvalue weighted by atomic mass is 10.0. The second-order valence-corrected chi connectivity index (χ2v) is 5.97. The minimum absolute atomic E-state index is 0.199. The van der Waals surface area contributed by atoms with Gasteiger partial charge in [-0.05, 0) is 25.0 Å². The summed E-state index contributed by atoms with van der Waals surface area (Å²) in [7, 11) is 0. The lowest BCUT2D eigenvalue weighted by Gasteiger charge is -2.22. The van der Waals surface area contributed by atoms with Gasteiger partial charge in [0.15, 0.2) is 0 Å². The second-order valence-electron chi connectivity index (χ2n) is 5.97. The number of carboxylic acids is 1. The zero-order chi connectivity index (χ0) is 15.7. The van der Waals surface area contributed by atoms with E-state index >= 15 is 0 Å². The van der Waals surface area contributed by atoms with Gasteiger partial charge in [0.2, 0.25) is 5.43 Å². The van der Waals surface area contributed by atoms with Gasteiger partial charge in [-0.25, -0.2) is 4.79 Å². The van der Waals surface area contributed by atoms with Crippen LogP contribution in [0.15, 0.2) is 29.2 Å².